The minimum Gasteiger partial charge on any atom is -0.373 e. The number of rotatable bonds is 2. The molecule has 0 spiro atoms. The average Bonchev–Trinajstić information content (AvgIpc) is 2.82. The number of hydrogen-bond acceptors (Lipinski definition) is 2. The second-order valence-electron chi connectivity index (χ2n) is 4.12. The molecular weight excluding hydrogens is 300 g/mol. The summed E-state index contributed by atoms with van der Waals surface area (Å²) in [7, 11) is 1.35. The van der Waals surface area contributed by atoms with E-state index in [2.05, 4.69) is 10.4 Å². The molecule has 0 bridgehead atoms. The van der Waals surface area contributed by atoms with Crippen LogP contribution in [0, 0.1) is 0 Å². The van der Waals surface area contributed by atoms with Gasteiger partial charge in [-0.1, -0.05) is 6.07 Å². The number of hydrogen-bond donors (Lipinski definition) is 1. The SMILES string of the molecule is CNc1cc(C(F)(F)F)nn1-c1cccc(C(F)(F)F)c1. The van der Waals surface area contributed by atoms with Crippen LogP contribution in [0.15, 0.2) is 30.3 Å². The summed E-state index contributed by atoms with van der Waals surface area (Å²) in [6.45, 7) is 0. The predicted molar refractivity (Wildman–Crippen MR) is 63.1 cm³/mol. The maximum absolute atomic E-state index is 12.6. The van der Waals surface area contributed by atoms with E-state index in [1.54, 1.807) is 0 Å². The van der Waals surface area contributed by atoms with E-state index in [0.29, 0.717) is 0 Å². The molecule has 0 fully saturated rings. The van der Waals surface area contributed by atoms with Crippen molar-refractivity contribution in [2.45, 2.75) is 12.4 Å². The van der Waals surface area contributed by atoms with Gasteiger partial charge in [0.2, 0.25) is 0 Å². The molecule has 0 saturated carbocycles. The van der Waals surface area contributed by atoms with Gasteiger partial charge in [0.05, 0.1) is 11.3 Å². The van der Waals surface area contributed by atoms with Crippen molar-refractivity contribution < 1.29 is 26.3 Å². The Morgan fingerprint density at radius 1 is 1.00 bits per heavy atom. The zero-order chi connectivity index (χ0) is 15.8. The van der Waals surface area contributed by atoms with Crippen LogP contribution in [0.1, 0.15) is 11.3 Å². The molecule has 1 N–H and O–H groups in total. The minimum atomic E-state index is -4.68. The van der Waals surface area contributed by atoms with Gasteiger partial charge < -0.3 is 5.32 Å². The second-order valence-corrected chi connectivity index (χ2v) is 4.12. The molecule has 3 nitrogen and oxygen atoms in total. The van der Waals surface area contributed by atoms with Gasteiger partial charge in [-0.05, 0) is 18.2 Å². The van der Waals surface area contributed by atoms with E-state index in [1.807, 2.05) is 0 Å². The molecule has 0 aliphatic rings. The topological polar surface area (TPSA) is 29.9 Å². The summed E-state index contributed by atoms with van der Waals surface area (Å²) < 4.78 is 76.5. The summed E-state index contributed by atoms with van der Waals surface area (Å²) in [5.41, 5.74) is -2.28. The van der Waals surface area contributed by atoms with Crippen LogP contribution in [-0.2, 0) is 12.4 Å². The average molecular weight is 309 g/mol. The third-order valence-corrected chi connectivity index (χ3v) is 2.67. The monoisotopic (exact) mass is 309 g/mol. The molecule has 21 heavy (non-hydrogen) atoms. The van der Waals surface area contributed by atoms with Crippen LogP contribution in [-0.4, -0.2) is 16.8 Å². The lowest BCUT2D eigenvalue weighted by Crippen LogP contribution is -2.09. The Bertz CT molecular complexity index is 641. The van der Waals surface area contributed by atoms with Gasteiger partial charge in [0, 0.05) is 13.1 Å². The fourth-order valence-electron chi connectivity index (χ4n) is 1.71. The second kappa shape index (κ2) is 4.97. The lowest BCUT2D eigenvalue weighted by molar-refractivity contribution is -0.141. The summed E-state index contributed by atoms with van der Waals surface area (Å²) in [5.74, 6) is -0.0679. The molecule has 114 valence electrons. The van der Waals surface area contributed by atoms with E-state index < -0.39 is 23.6 Å². The van der Waals surface area contributed by atoms with Crippen molar-refractivity contribution in [1.29, 1.82) is 0 Å². The first kappa shape index (κ1) is 15.2. The normalized spacial score (nSPS) is 12.5. The van der Waals surface area contributed by atoms with Crippen molar-refractivity contribution in [3.8, 4) is 5.69 Å². The van der Waals surface area contributed by atoms with Crippen LogP contribution in [0.2, 0.25) is 0 Å². The van der Waals surface area contributed by atoms with E-state index in [-0.39, 0.29) is 11.5 Å². The highest BCUT2D eigenvalue weighted by Gasteiger charge is 2.35. The summed E-state index contributed by atoms with van der Waals surface area (Å²) >= 11 is 0. The highest BCUT2D eigenvalue weighted by atomic mass is 19.4. The molecule has 2 rings (SSSR count). The summed E-state index contributed by atoms with van der Waals surface area (Å²) in [6.07, 6.45) is -9.27. The van der Waals surface area contributed by atoms with Crippen molar-refractivity contribution in [2.24, 2.45) is 0 Å². The van der Waals surface area contributed by atoms with Crippen molar-refractivity contribution in [2.75, 3.05) is 12.4 Å². The van der Waals surface area contributed by atoms with Gasteiger partial charge in [0.15, 0.2) is 5.69 Å². The Balaban J connectivity index is 2.54. The van der Waals surface area contributed by atoms with Gasteiger partial charge in [0.1, 0.15) is 5.82 Å². The summed E-state index contributed by atoms with van der Waals surface area (Å²) in [6, 6.07) is 4.63. The number of alkyl halides is 6. The Morgan fingerprint density at radius 2 is 1.67 bits per heavy atom. The van der Waals surface area contributed by atoms with E-state index >= 15 is 0 Å². The molecule has 1 aromatic carbocycles. The first-order valence-corrected chi connectivity index (χ1v) is 5.65. The minimum absolute atomic E-state index is 0.0679. The maximum Gasteiger partial charge on any atom is 0.435 e. The van der Waals surface area contributed by atoms with E-state index in [0.717, 1.165) is 28.9 Å². The first-order chi connectivity index (χ1) is 9.63. The van der Waals surface area contributed by atoms with Crippen LogP contribution in [0.5, 0.6) is 0 Å². The van der Waals surface area contributed by atoms with Gasteiger partial charge in [-0.25, -0.2) is 4.68 Å². The van der Waals surface area contributed by atoms with Gasteiger partial charge in [0.25, 0.3) is 0 Å². The van der Waals surface area contributed by atoms with Gasteiger partial charge in [-0.15, -0.1) is 0 Å². The number of nitrogens with one attached hydrogen (secondary N) is 1. The van der Waals surface area contributed by atoms with Crippen molar-refractivity contribution >= 4 is 5.82 Å². The Hall–Kier alpha value is -2.19. The largest absolute Gasteiger partial charge is 0.435 e. The van der Waals surface area contributed by atoms with Crippen molar-refractivity contribution in [3.05, 3.63) is 41.6 Å². The lowest BCUT2D eigenvalue weighted by Gasteiger charge is -2.10. The summed E-state index contributed by atoms with van der Waals surface area (Å²) in [4.78, 5) is 0. The number of aromatic nitrogens is 2. The molecule has 0 atom stereocenters. The van der Waals surface area contributed by atoms with E-state index in [9.17, 15) is 26.3 Å². The molecule has 0 saturated heterocycles. The van der Waals surface area contributed by atoms with Crippen LogP contribution in [0.4, 0.5) is 32.2 Å². The first-order valence-electron chi connectivity index (χ1n) is 5.65. The number of nitrogens with zero attached hydrogens (tertiary/aromatic N) is 2. The molecule has 0 amide bonds. The van der Waals surface area contributed by atoms with Crippen molar-refractivity contribution in [3.63, 3.8) is 0 Å². The smallest absolute Gasteiger partial charge is 0.373 e. The highest BCUT2D eigenvalue weighted by molar-refractivity contribution is 5.47. The highest BCUT2D eigenvalue weighted by Crippen LogP contribution is 2.33. The Morgan fingerprint density at radius 3 is 2.19 bits per heavy atom. The third-order valence-electron chi connectivity index (χ3n) is 2.67. The number of benzene rings is 1. The quantitative estimate of drug-likeness (QED) is 0.851. The Kier molecular flexibility index (Phi) is 3.60. The maximum atomic E-state index is 12.6. The fourth-order valence-corrected chi connectivity index (χ4v) is 1.71. The zero-order valence-electron chi connectivity index (χ0n) is 10.5. The predicted octanol–water partition coefficient (Wildman–Crippen LogP) is 3.95. The van der Waals surface area contributed by atoms with Gasteiger partial charge in [-0.2, -0.15) is 31.4 Å². The number of halogens is 6. The molecule has 0 aliphatic carbocycles. The molecule has 9 heteroatoms. The van der Waals surface area contributed by atoms with Gasteiger partial charge >= 0.3 is 12.4 Å². The molecule has 2 aromatic rings. The lowest BCUT2D eigenvalue weighted by atomic mass is 10.2. The Labute approximate surface area is 115 Å². The zero-order valence-corrected chi connectivity index (χ0v) is 10.5. The van der Waals surface area contributed by atoms with Crippen LogP contribution in [0.25, 0.3) is 5.69 Å². The van der Waals surface area contributed by atoms with Crippen LogP contribution in [0.3, 0.4) is 0 Å². The van der Waals surface area contributed by atoms with E-state index in [1.165, 1.54) is 13.1 Å². The van der Waals surface area contributed by atoms with Crippen LogP contribution >= 0.6 is 0 Å². The molecule has 1 heterocycles. The molecular formula is C12H9F6N3. The van der Waals surface area contributed by atoms with Gasteiger partial charge in [-0.3, -0.25) is 0 Å². The summed E-state index contributed by atoms with van der Waals surface area (Å²) in [5, 5.41) is 5.77. The molecule has 0 radical (unpaired) electrons. The van der Waals surface area contributed by atoms with Crippen LogP contribution < -0.4 is 5.32 Å². The van der Waals surface area contributed by atoms with Crippen molar-refractivity contribution in [1.82, 2.24) is 9.78 Å². The molecule has 0 unspecified atom stereocenters. The standard InChI is InChI=1S/C12H9F6N3/c1-19-10-6-9(12(16,17)18)20-21(10)8-4-2-3-7(5-8)11(13,14)15/h2-6,19H,1H3. The fraction of sp³-hybridized carbons (Fsp3) is 0.250. The third kappa shape index (κ3) is 3.11. The molecule has 0 aliphatic heterocycles. The van der Waals surface area contributed by atoms with E-state index in [4.69, 9.17) is 0 Å². The molecule has 1 aromatic heterocycles. The number of anilines is 1.